The SMILES string of the molecule is C[C@@H](CN1C[C@H]2C[C@@H]1C(=O)N2[C@@H]1CCc2cc(NS(=O)O)ccc21)C(=O)N1CCC[C@H]1C#N. The van der Waals surface area contributed by atoms with Gasteiger partial charge < -0.3 is 9.80 Å². The van der Waals surface area contributed by atoms with Crippen molar-refractivity contribution in [2.24, 2.45) is 5.92 Å². The molecule has 4 aliphatic rings. The Morgan fingerprint density at radius 2 is 2.18 bits per heavy atom. The molecule has 1 aromatic carbocycles. The highest BCUT2D eigenvalue weighted by atomic mass is 32.2. The summed E-state index contributed by atoms with van der Waals surface area (Å²) in [6.07, 6.45) is 4.10. The number of carbonyl (C=O) groups excluding carboxylic acids is 2. The number of nitrogens with one attached hydrogen (secondary N) is 1. The second-order valence-corrected chi connectivity index (χ2v) is 10.3. The van der Waals surface area contributed by atoms with Crippen molar-refractivity contribution in [2.75, 3.05) is 24.4 Å². The minimum absolute atomic E-state index is 0.0177. The first kappa shape index (κ1) is 22.3. The van der Waals surface area contributed by atoms with E-state index in [1.54, 1.807) is 11.0 Å². The van der Waals surface area contributed by atoms with Crippen LogP contribution in [0.3, 0.4) is 0 Å². The Morgan fingerprint density at radius 1 is 1.36 bits per heavy atom. The number of fused-ring (bicyclic) bond motifs is 3. The van der Waals surface area contributed by atoms with Gasteiger partial charge in [-0.15, -0.1) is 0 Å². The fraction of sp³-hybridized carbons (Fsp3) is 0.609. The Morgan fingerprint density at radius 3 is 2.91 bits per heavy atom. The number of amides is 2. The number of rotatable bonds is 6. The number of aryl methyl sites for hydroxylation is 1. The van der Waals surface area contributed by atoms with Gasteiger partial charge in [0.05, 0.1) is 18.2 Å². The molecule has 3 aliphatic heterocycles. The minimum Gasteiger partial charge on any atom is -0.330 e. The van der Waals surface area contributed by atoms with Gasteiger partial charge in [0.15, 0.2) is 0 Å². The predicted molar refractivity (Wildman–Crippen MR) is 122 cm³/mol. The molecule has 2 bridgehead atoms. The van der Waals surface area contributed by atoms with Gasteiger partial charge in [-0.2, -0.15) is 5.26 Å². The number of piperazine rings is 1. The van der Waals surface area contributed by atoms with Gasteiger partial charge in [0.2, 0.25) is 11.8 Å². The van der Waals surface area contributed by atoms with Crippen LogP contribution in [0.5, 0.6) is 0 Å². The molecule has 0 spiro atoms. The van der Waals surface area contributed by atoms with Crippen LogP contribution in [0, 0.1) is 17.2 Å². The fourth-order valence-electron chi connectivity index (χ4n) is 6.23. The molecule has 3 saturated heterocycles. The molecule has 3 fully saturated rings. The molecule has 2 N–H and O–H groups in total. The van der Waals surface area contributed by atoms with Crippen molar-refractivity contribution < 1.29 is 18.4 Å². The molecule has 176 valence electrons. The molecule has 0 saturated carbocycles. The maximum Gasteiger partial charge on any atom is 0.259 e. The van der Waals surface area contributed by atoms with Gasteiger partial charge in [0, 0.05) is 37.3 Å². The molecule has 33 heavy (non-hydrogen) atoms. The summed E-state index contributed by atoms with van der Waals surface area (Å²) in [5, 5.41) is 9.30. The monoisotopic (exact) mass is 471 g/mol. The smallest absolute Gasteiger partial charge is 0.259 e. The van der Waals surface area contributed by atoms with Crippen molar-refractivity contribution in [3.05, 3.63) is 29.3 Å². The molecular weight excluding hydrogens is 442 g/mol. The molecule has 9 nitrogen and oxygen atoms in total. The lowest BCUT2D eigenvalue weighted by Gasteiger charge is -2.38. The van der Waals surface area contributed by atoms with E-state index in [2.05, 4.69) is 15.7 Å². The highest BCUT2D eigenvalue weighted by molar-refractivity contribution is 7.80. The van der Waals surface area contributed by atoms with E-state index in [4.69, 9.17) is 4.55 Å². The third-order valence-electron chi connectivity index (χ3n) is 7.66. The van der Waals surface area contributed by atoms with Crippen molar-refractivity contribution in [3.8, 4) is 6.07 Å². The predicted octanol–water partition coefficient (Wildman–Crippen LogP) is 1.66. The average molecular weight is 472 g/mol. The lowest BCUT2D eigenvalue weighted by Crippen LogP contribution is -2.53. The van der Waals surface area contributed by atoms with Crippen LogP contribution in [0.4, 0.5) is 5.69 Å². The van der Waals surface area contributed by atoms with Crippen LogP contribution in [0.25, 0.3) is 0 Å². The van der Waals surface area contributed by atoms with E-state index >= 15 is 0 Å². The zero-order chi connectivity index (χ0) is 23.3. The van der Waals surface area contributed by atoms with Gasteiger partial charge in [-0.3, -0.25) is 23.8 Å². The normalized spacial score (nSPS) is 30.4. The number of benzene rings is 1. The first-order valence-electron chi connectivity index (χ1n) is 11.6. The number of hydrogen-bond donors (Lipinski definition) is 2. The first-order valence-corrected chi connectivity index (χ1v) is 12.7. The third kappa shape index (κ3) is 3.92. The topological polar surface area (TPSA) is 117 Å². The summed E-state index contributed by atoms with van der Waals surface area (Å²) in [5.74, 6) is -0.0858. The van der Waals surface area contributed by atoms with Gasteiger partial charge in [0.25, 0.3) is 11.3 Å². The van der Waals surface area contributed by atoms with Crippen LogP contribution in [-0.4, -0.2) is 73.0 Å². The van der Waals surface area contributed by atoms with Gasteiger partial charge >= 0.3 is 0 Å². The van der Waals surface area contributed by atoms with Crippen LogP contribution in [0.2, 0.25) is 0 Å². The Bertz CT molecular complexity index is 1040. The van der Waals surface area contributed by atoms with E-state index < -0.39 is 11.3 Å². The van der Waals surface area contributed by atoms with E-state index in [-0.39, 0.29) is 41.9 Å². The number of carbonyl (C=O) groups is 2. The number of anilines is 1. The molecule has 3 heterocycles. The second-order valence-electron chi connectivity index (χ2n) is 9.64. The molecule has 2 amide bonds. The van der Waals surface area contributed by atoms with E-state index in [1.807, 2.05) is 24.0 Å². The highest BCUT2D eigenvalue weighted by Gasteiger charge is 2.53. The minimum atomic E-state index is -2.11. The highest BCUT2D eigenvalue weighted by Crippen LogP contribution is 2.44. The Kier molecular flexibility index (Phi) is 5.89. The molecule has 1 aliphatic carbocycles. The standard InChI is InChI=1S/C23H29N5O4S/c1-14(22(29)27-8-2-3-17(27)11-24)12-26-13-18-10-21(26)23(30)28(18)20-7-4-15-9-16(25-33(31)32)5-6-19(15)20/h5-6,9,14,17-18,20-21,25H,2-4,7-8,10,12-13H2,1H3,(H,31,32)/t14-,17-,18+,20+,21+/m0/s1. The van der Waals surface area contributed by atoms with Gasteiger partial charge in [-0.25, -0.2) is 4.21 Å². The maximum absolute atomic E-state index is 13.4. The van der Waals surface area contributed by atoms with Crippen LogP contribution in [0.15, 0.2) is 18.2 Å². The Labute approximate surface area is 196 Å². The van der Waals surface area contributed by atoms with Crippen LogP contribution >= 0.6 is 0 Å². The van der Waals surface area contributed by atoms with E-state index in [0.29, 0.717) is 18.8 Å². The van der Waals surface area contributed by atoms with Crippen LogP contribution in [0.1, 0.15) is 49.8 Å². The molecule has 6 atom stereocenters. The molecule has 1 aromatic rings. The van der Waals surface area contributed by atoms with E-state index in [1.165, 1.54) is 0 Å². The van der Waals surface area contributed by atoms with Gasteiger partial charge in [0.1, 0.15) is 6.04 Å². The zero-order valence-corrected chi connectivity index (χ0v) is 19.5. The number of nitrogens with zero attached hydrogens (tertiary/aromatic N) is 4. The van der Waals surface area contributed by atoms with Crippen molar-refractivity contribution >= 4 is 28.8 Å². The van der Waals surface area contributed by atoms with Crippen molar-refractivity contribution in [3.63, 3.8) is 0 Å². The lowest BCUT2D eigenvalue weighted by atomic mass is 10.0. The van der Waals surface area contributed by atoms with E-state index in [9.17, 15) is 19.1 Å². The fourth-order valence-corrected chi connectivity index (χ4v) is 6.55. The zero-order valence-electron chi connectivity index (χ0n) is 18.6. The maximum atomic E-state index is 13.4. The van der Waals surface area contributed by atoms with Crippen LogP contribution < -0.4 is 4.72 Å². The number of likely N-dealkylation sites (tertiary alicyclic amines) is 3. The second kappa shape index (κ2) is 8.70. The van der Waals surface area contributed by atoms with E-state index in [0.717, 1.165) is 49.8 Å². The average Bonchev–Trinajstić information content (AvgIpc) is 3.55. The molecule has 10 heteroatoms. The van der Waals surface area contributed by atoms with Crippen molar-refractivity contribution in [2.45, 2.75) is 63.2 Å². The summed E-state index contributed by atoms with van der Waals surface area (Å²) in [5.41, 5.74) is 2.84. The summed E-state index contributed by atoms with van der Waals surface area (Å²) in [6, 6.07) is 7.56. The van der Waals surface area contributed by atoms with Gasteiger partial charge in [-0.05, 0) is 55.4 Å². The van der Waals surface area contributed by atoms with Crippen molar-refractivity contribution in [1.29, 1.82) is 5.26 Å². The molecule has 5 rings (SSSR count). The first-order chi connectivity index (χ1) is 15.9. The molecule has 0 radical (unpaired) electrons. The summed E-state index contributed by atoms with van der Waals surface area (Å²) >= 11 is -2.11. The van der Waals surface area contributed by atoms with Gasteiger partial charge in [-0.1, -0.05) is 13.0 Å². The summed E-state index contributed by atoms with van der Waals surface area (Å²) in [6.45, 7) is 3.86. The largest absolute Gasteiger partial charge is 0.330 e. The van der Waals surface area contributed by atoms with Crippen molar-refractivity contribution in [1.82, 2.24) is 14.7 Å². The number of nitriles is 1. The lowest BCUT2D eigenvalue weighted by molar-refractivity contribution is -0.142. The quantitative estimate of drug-likeness (QED) is 0.610. The Balaban J connectivity index is 1.24. The third-order valence-corrected chi connectivity index (χ3v) is 8.07. The Hall–Kier alpha value is -2.48. The van der Waals surface area contributed by atoms with Crippen LogP contribution in [-0.2, 0) is 27.3 Å². The number of hydrogen-bond acceptors (Lipinski definition) is 5. The molecular formula is C23H29N5O4S. The molecule has 0 aromatic heterocycles. The summed E-state index contributed by atoms with van der Waals surface area (Å²) in [4.78, 5) is 32.2. The summed E-state index contributed by atoms with van der Waals surface area (Å²) < 4.78 is 22.6. The molecule has 1 unspecified atom stereocenters. The summed E-state index contributed by atoms with van der Waals surface area (Å²) in [7, 11) is 0.